The van der Waals surface area contributed by atoms with Crippen LogP contribution in [0, 0.1) is 19.7 Å². The highest BCUT2D eigenvalue weighted by Gasteiger charge is 2.12. The van der Waals surface area contributed by atoms with Crippen molar-refractivity contribution >= 4 is 5.91 Å². The number of benzene rings is 2. The second kappa shape index (κ2) is 7.07. The molecule has 0 unspecified atom stereocenters. The number of hydrogen-bond acceptors (Lipinski definition) is 2. The van der Waals surface area contributed by atoms with Gasteiger partial charge in [-0.05, 0) is 42.7 Å². The van der Waals surface area contributed by atoms with Gasteiger partial charge in [0.05, 0.1) is 0 Å². The quantitative estimate of drug-likeness (QED) is 0.846. The Morgan fingerprint density at radius 3 is 2.27 bits per heavy atom. The van der Waals surface area contributed by atoms with Gasteiger partial charge in [0.15, 0.2) is 6.61 Å². The molecular formula is C18H20FNO2. The molecule has 0 saturated carbocycles. The van der Waals surface area contributed by atoms with E-state index in [2.05, 4.69) is 0 Å². The SMILES string of the molecule is Cc1cccc(C)c1OCC(=O)N(C)Cc1ccc(F)cc1. The average Bonchev–Trinajstić information content (AvgIpc) is 2.48. The van der Waals surface area contributed by atoms with Crippen LogP contribution in [0.15, 0.2) is 42.5 Å². The summed E-state index contributed by atoms with van der Waals surface area (Å²) < 4.78 is 18.5. The first-order valence-corrected chi connectivity index (χ1v) is 7.15. The Morgan fingerprint density at radius 1 is 1.09 bits per heavy atom. The molecule has 2 rings (SSSR count). The highest BCUT2D eigenvalue weighted by molar-refractivity contribution is 5.77. The fraction of sp³-hybridized carbons (Fsp3) is 0.278. The molecule has 1 amide bonds. The molecule has 116 valence electrons. The number of likely N-dealkylation sites (N-methyl/N-ethyl adjacent to an activating group) is 1. The number of aryl methyl sites for hydroxylation is 2. The van der Waals surface area contributed by atoms with E-state index < -0.39 is 0 Å². The maximum atomic E-state index is 12.9. The molecule has 3 nitrogen and oxygen atoms in total. The molecule has 0 spiro atoms. The van der Waals surface area contributed by atoms with Crippen LogP contribution >= 0.6 is 0 Å². The number of halogens is 1. The Hall–Kier alpha value is -2.36. The Morgan fingerprint density at radius 2 is 1.68 bits per heavy atom. The minimum Gasteiger partial charge on any atom is -0.483 e. The molecule has 0 radical (unpaired) electrons. The van der Waals surface area contributed by atoms with E-state index in [9.17, 15) is 9.18 Å². The highest BCUT2D eigenvalue weighted by Crippen LogP contribution is 2.22. The lowest BCUT2D eigenvalue weighted by Crippen LogP contribution is -2.31. The number of hydrogen-bond donors (Lipinski definition) is 0. The van der Waals surface area contributed by atoms with Gasteiger partial charge in [0, 0.05) is 13.6 Å². The lowest BCUT2D eigenvalue weighted by molar-refractivity contribution is -0.132. The minimum absolute atomic E-state index is 0.0105. The summed E-state index contributed by atoms with van der Waals surface area (Å²) in [5.74, 6) is 0.356. The van der Waals surface area contributed by atoms with Gasteiger partial charge in [-0.25, -0.2) is 4.39 Å². The van der Waals surface area contributed by atoms with Crippen molar-refractivity contribution in [1.29, 1.82) is 0 Å². The molecule has 0 saturated heterocycles. The Bertz CT molecular complexity index is 632. The van der Waals surface area contributed by atoms with Crippen LogP contribution in [0.3, 0.4) is 0 Å². The third-order valence-electron chi connectivity index (χ3n) is 3.51. The molecular weight excluding hydrogens is 281 g/mol. The number of ether oxygens (including phenoxy) is 1. The highest BCUT2D eigenvalue weighted by atomic mass is 19.1. The second-order valence-corrected chi connectivity index (χ2v) is 5.39. The van der Waals surface area contributed by atoms with Crippen molar-refractivity contribution in [3.8, 4) is 5.75 Å². The van der Waals surface area contributed by atoms with E-state index in [-0.39, 0.29) is 18.3 Å². The average molecular weight is 301 g/mol. The van der Waals surface area contributed by atoms with E-state index in [4.69, 9.17) is 4.74 Å². The molecule has 2 aromatic rings. The normalized spacial score (nSPS) is 10.4. The van der Waals surface area contributed by atoms with Gasteiger partial charge in [0.2, 0.25) is 0 Å². The minimum atomic E-state index is -0.281. The number of carbonyl (C=O) groups excluding carboxylic acids is 1. The molecule has 0 N–H and O–H groups in total. The maximum Gasteiger partial charge on any atom is 0.260 e. The predicted octanol–water partition coefficient (Wildman–Crippen LogP) is 3.48. The maximum absolute atomic E-state index is 12.9. The fourth-order valence-electron chi connectivity index (χ4n) is 2.22. The lowest BCUT2D eigenvalue weighted by atomic mass is 10.1. The Labute approximate surface area is 130 Å². The number of para-hydroxylation sites is 1. The summed E-state index contributed by atoms with van der Waals surface area (Å²) in [6, 6.07) is 12.0. The van der Waals surface area contributed by atoms with Crippen LogP contribution in [0.2, 0.25) is 0 Å². The zero-order valence-corrected chi connectivity index (χ0v) is 13.1. The summed E-state index contributed by atoms with van der Waals surface area (Å²) in [6.45, 7) is 4.32. The summed E-state index contributed by atoms with van der Waals surface area (Å²) in [4.78, 5) is 13.7. The monoisotopic (exact) mass is 301 g/mol. The second-order valence-electron chi connectivity index (χ2n) is 5.39. The van der Waals surface area contributed by atoms with Crippen molar-refractivity contribution < 1.29 is 13.9 Å². The largest absolute Gasteiger partial charge is 0.483 e. The summed E-state index contributed by atoms with van der Waals surface area (Å²) >= 11 is 0. The van der Waals surface area contributed by atoms with Gasteiger partial charge in [-0.15, -0.1) is 0 Å². The van der Waals surface area contributed by atoms with Gasteiger partial charge < -0.3 is 9.64 Å². The topological polar surface area (TPSA) is 29.5 Å². The molecule has 0 atom stereocenters. The van der Waals surface area contributed by atoms with E-state index in [1.165, 1.54) is 12.1 Å². The molecule has 0 heterocycles. The molecule has 0 aliphatic rings. The molecule has 0 fully saturated rings. The standard InChI is InChI=1S/C18H20FNO2/c1-13-5-4-6-14(2)18(13)22-12-17(21)20(3)11-15-7-9-16(19)10-8-15/h4-10H,11-12H2,1-3H3. The first-order valence-electron chi connectivity index (χ1n) is 7.15. The fourth-order valence-corrected chi connectivity index (χ4v) is 2.22. The third kappa shape index (κ3) is 4.07. The zero-order chi connectivity index (χ0) is 16.1. The molecule has 0 aliphatic carbocycles. The third-order valence-corrected chi connectivity index (χ3v) is 3.51. The smallest absolute Gasteiger partial charge is 0.260 e. The van der Waals surface area contributed by atoms with E-state index in [0.717, 1.165) is 22.4 Å². The van der Waals surface area contributed by atoms with Gasteiger partial charge in [0.1, 0.15) is 11.6 Å². The van der Waals surface area contributed by atoms with E-state index in [1.54, 1.807) is 24.1 Å². The van der Waals surface area contributed by atoms with Crippen molar-refractivity contribution in [3.63, 3.8) is 0 Å². The van der Waals surface area contributed by atoms with Crippen LogP contribution in [-0.2, 0) is 11.3 Å². The number of rotatable bonds is 5. The molecule has 0 aliphatic heterocycles. The number of amides is 1. The van der Waals surface area contributed by atoms with Crippen LogP contribution in [-0.4, -0.2) is 24.5 Å². The van der Waals surface area contributed by atoms with Gasteiger partial charge in [-0.3, -0.25) is 4.79 Å². The van der Waals surface area contributed by atoms with Gasteiger partial charge >= 0.3 is 0 Å². The Kier molecular flexibility index (Phi) is 5.15. The van der Waals surface area contributed by atoms with Gasteiger partial charge in [-0.2, -0.15) is 0 Å². The van der Waals surface area contributed by atoms with E-state index >= 15 is 0 Å². The van der Waals surface area contributed by atoms with E-state index in [1.807, 2.05) is 32.0 Å². The predicted molar refractivity (Wildman–Crippen MR) is 84.3 cm³/mol. The van der Waals surface area contributed by atoms with E-state index in [0.29, 0.717) is 6.54 Å². The van der Waals surface area contributed by atoms with Crippen LogP contribution < -0.4 is 4.74 Å². The zero-order valence-electron chi connectivity index (χ0n) is 13.1. The number of carbonyl (C=O) groups is 1. The first kappa shape index (κ1) is 16.0. The molecule has 4 heteroatoms. The Balaban J connectivity index is 1.93. The molecule has 0 bridgehead atoms. The summed E-state index contributed by atoms with van der Waals surface area (Å²) in [7, 11) is 1.71. The summed E-state index contributed by atoms with van der Waals surface area (Å²) in [5.41, 5.74) is 2.90. The number of nitrogens with zero attached hydrogens (tertiary/aromatic N) is 1. The van der Waals surface area contributed by atoms with Crippen LogP contribution in [0.1, 0.15) is 16.7 Å². The van der Waals surface area contributed by atoms with Crippen molar-refractivity contribution in [2.75, 3.05) is 13.7 Å². The van der Waals surface area contributed by atoms with Crippen molar-refractivity contribution in [2.24, 2.45) is 0 Å². The van der Waals surface area contributed by atoms with Crippen molar-refractivity contribution in [2.45, 2.75) is 20.4 Å². The van der Waals surface area contributed by atoms with Gasteiger partial charge in [-0.1, -0.05) is 30.3 Å². The molecule has 2 aromatic carbocycles. The van der Waals surface area contributed by atoms with Crippen LogP contribution in [0.4, 0.5) is 4.39 Å². The van der Waals surface area contributed by atoms with Crippen LogP contribution in [0.5, 0.6) is 5.75 Å². The van der Waals surface area contributed by atoms with Crippen molar-refractivity contribution in [1.82, 2.24) is 4.90 Å². The van der Waals surface area contributed by atoms with Crippen LogP contribution in [0.25, 0.3) is 0 Å². The summed E-state index contributed by atoms with van der Waals surface area (Å²) in [5, 5.41) is 0. The first-order chi connectivity index (χ1) is 10.5. The van der Waals surface area contributed by atoms with Gasteiger partial charge in [0.25, 0.3) is 5.91 Å². The lowest BCUT2D eigenvalue weighted by Gasteiger charge is -2.18. The molecule has 22 heavy (non-hydrogen) atoms. The van der Waals surface area contributed by atoms with Crippen molar-refractivity contribution in [3.05, 3.63) is 65.0 Å². The summed E-state index contributed by atoms with van der Waals surface area (Å²) in [6.07, 6.45) is 0. The molecule has 0 aromatic heterocycles.